The molecule has 0 bridgehead atoms. The van der Waals surface area contributed by atoms with Crippen LogP contribution in [0.4, 0.5) is 40.8 Å². The van der Waals surface area contributed by atoms with Gasteiger partial charge in [-0.05, 0) is 54.3 Å². The van der Waals surface area contributed by atoms with Gasteiger partial charge >= 0.3 is 6.36 Å². The van der Waals surface area contributed by atoms with Crippen LogP contribution in [0.3, 0.4) is 0 Å². The highest BCUT2D eigenvalue weighted by Crippen LogP contribution is 2.30. The average molecular weight is 476 g/mol. The van der Waals surface area contributed by atoms with Gasteiger partial charge in [0.2, 0.25) is 17.8 Å². The summed E-state index contributed by atoms with van der Waals surface area (Å²) in [5, 5.41) is 5.48. The standard InChI is InChI=1S/C22H20F4N6O2/c1-12-18(6-5-17(23)19(12)29-13(2)33)30-20-27-11-28-21(31-20)32-8-7-14-9-16(34-22(24,25)26)4-3-15(14)10-32/h3-6,9,11H,7-8,10H2,1-2H3,(H,29,33)(H,27,28,30,31). The van der Waals surface area contributed by atoms with Gasteiger partial charge in [0.15, 0.2) is 0 Å². The zero-order valence-electron chi connectivity index (χ0n) is 18.2. The molecule has 1 aromatic heterocycles. The second kappa shape index (κ2) is 9.12. The summed E-state index contributed by atoms with van der Waals surface area (Å²) >= 11 is 0. The number of alkyl halides is 3. The van der Waals surface area contributed by atoms with Crippen LogP contribution < -0.4 is 20.3 Å². The Morgan fingerprint density at radius 3 is 2.68 bits per heavy atom. The molecule has 3 aromatic rings. The van der Waals surface area contributed by atoms with Crippen molar-refractivity contribution >= 4 is 29.2 Å². The highest BCUT2D eigenvalue weighted by Gasteiger charge is 2.31. The largest absolute Gasteiger partial charge is 0.573 e. The maximum absolute atomic E-state index is 14.1. The fraction of sp³-hybridized carbons (Fsp3) is 0.273. The highest BCUT2D eigenvalue weighted by molar-refractivity contribution is 5.91. The lowest BCUT2D eigenvalue weighted by Crippen LogP contribution is -2.32. The van der Waals surface area contributed by atoms with Crippen molar-refractivity contribution in [3.05, 3.63) is 59.2 Å². The summed E-state index contributed by atoms with van der Waals surface area (Å²) in [5.74, 6) is -0.622. The van der Waals surface area contributed by atoms with Crippen LogP contribution in [0.15, 0.2) is 36.7 Å². The fourth-order valence-corrected chi connectivity index (χ4v) is 3.66. The van der Waals surface area contributed by atoms with Crippen LogP contribution in [0, 0.1) is 12.7 Å². The van der Waals surface area contributed by atoms with Crippen molar-refractivity contribution < 1.29 is 27.1 Å². The van der Waals surface area contributed by atoms with Gasteiger partial charge in [-0.1, -0.05) is 6.07 Å². The maximum Gasteiger partial charge on any atom is 0.573 e. The van der Waals surface area contributed by atoms with E-state index in [4.69, 9.17) is 0 Å². The number of rotatable bonds is 5. The number of nitrogens with one attached hydrogen (secondary N) is 2. The van der Waals surface area contributed by atoms with E-state index in [0.29, 0.717) is 36.7 Å². The predicted molar refractivity (Wildman–Crippen MR) is 116 cm³/mol. The minimum Gasteiger partial charge on any atom is -0.406 e. The molecule has 0 spiro atoms. The average Bonchev–Trinajstić information content (AvgIpc) is 2.77. The Hall–Kier alpha value is -3.96. The van der Waals surface area contributed by atoms with Gasteiger partial charge in [-0.15, -0.1) is 13.2 Å². The van der Waals surface area contributed by atoms with E-state index in [9.17, 15) is 22.4 Å². The quantitative estimate of drug-likeness (QED) is 0.525. The van der Waals surface area contributed by atoms with Gasteiger partial charge in [0.05, 0.1) is 5.69 Å². The number of anilines is 4. The van der Waals surface area contributed by atoms with Gasteiger partial charge in [0, 0.05) is 25.7 Å². The summed E-state index contributed by atoms with van der Waals surface area (Å²) in [4.78, 5) is 26.0. The number of benzene rings is 2. The smallest absolute Gasteiger partial charge is 0.406 e. The first-order valence-electron chi connectivity index (χ1n) is 10.2. The van der Waals surface area contributed by atoms with E-state index in [2.05, 4.69) is 30.3 Å². The molecule has 0 unspecified atom stereocenters. The third-order valence-electron chi connectivity index (χ3n) is 5.23. The SMILES string of the molecule is CC(=O)Nc1c(F)ccc(Nc2ncnc(N3CCc4cc(OC(F)(F)F)ccc4C3)n2)c1C. The Bertz CT molecular complexity index is 1230. The lowest BCUT2D eigenvalue weighted by Gasteiger charge is -2.29. The van der Waals surface area contributed by atoms with E-state index in [1.807, 2.05) is 4.90 Å². The number of amides is 1. The Kier molecular flexibility index (Phi) is 6.22. The second-order valence-corrected chi connectivity index (χ2v) is 7.66. The topological polar surface area (TPSA) is 92.3 Å². The molecular formula is C22H20F4N6O2. The molecule has 34 heavy (non-hydrogen) atoms. The van der Waals surface area contributed by atoms with Crippen molar-refractivity contribution in [3.8, 4) is 5.75 Å². The Balaban J connectivity index is 1.51. The van der Waals surface area contributed by atoms with Crippen molar-refractivity contribution in [2.24, 2.45) is 0 Å². The molecule has 0 saturated carbocycles. The van der Waals surface area contributed by atoms with Gasteiger partial charge < -0.3 is 20.3 Å². The van der Waals surface area contributed by atoms with Crippen molar-refractivity contribution in [1.82, 2.24) is 15.0 Å². The summed E-state index contributed by atoms with van der Waals surface area (Å²) in [6.45, 7) is 3.82. The van der Waals surface area contributed by atoms with E-state index < -0.39 is 18.1 Å². The summed E-state index contributed by atoms with van der Waals surface area (Å²) in [7, 11) is 0. The molecule has 2 N–H and O–H groups in total. The molecule has 1 amide bonds. The number of carbonyl (C=O) groups is 1. The number of carbonyl (C=O) groups excluding carboxylic acids is 1. The van der Waals surface area contributed by atoms with Gasteiger partial charge in [0.1, 0.15) is 17.9 Å². The lowest BCUT2D eigenvalue weighted by molar-refractivity contribution is -0.274. The molecule has 8 nitrogen and oxygen atoms in total. The Morgan fingerprint density at radius 1 is 1.15 bits per heavy atom. The van der Waals surface area contributed by atoms with Crippen LogP contribution in [-0.4, -0.2) is 33.8 Å². The van der Waals surface area contributed by atoms with Gasteiger partial charge in [0.25, 0.3) is 0 Å². The van der Waals surface area contributed by atoms with E-state index in [1.165, 1.54) is 37.5 Å². The van der Waals surface area contributed by atoms with Gasteiger partial charge in [-0.25, -0.2) is 14.4 Å². The molecule has 2 aromatic carbocycles. The second-order valence-electron chi connectivity index (χ2n) is 7.66. The van der Waals surface area contributed by atoms with Crippen LogP contribution in [0.5, 0.6) is 5.75 Å². The number of halogens is 4. The van der Waals surface area contributed by atoms with Crippen LogP contribution >= 0.6 is 0 Å². The number of aromatic nitrogens is 3. The normalized spacial score (nSPS) is 13.3. The van der Waals surface area contributed by atoms with Crippen LogP contribution in [0.25, 0.3) is 0 Å². The van der Waals surface area contributed by atoms with Crippen molar-refractivity contribution in [2.75, 3.05) is 22.1 Å². The molecular weight excluding hydrogens is 456 g/mol. The molecule has 0 aliphatic carbocycles. The van der Waals surface area contributed by atoms with Crippen LogP contribution in [0.1, 0.15) is 23.6 Å². The van der Waals surface area contributed by atoms with E-state index >= 15 is 0 Å². The molecule has 0 saturated heterocycles. The van der Waals surface area contributed by atoms with E-state index in [1.54, 1.807) is 13.0 Å². The van der Waals surface area contributed by atoms with Crippen LogP contribution in [0.2, 0.25) is 0 Å². The third kappa shape index (κ3) is 5.33. The number of hydrogen-bond acceptors (Lipinski definition) is 7. The summed E-state index contributed by atoms with van der Waals surface area (Å²) in [6.07, 6.45) is -2.93. The zero-order valence-corrected chi connectivity index (χ0v) is 18.2. The molecule has 0 radical (unpaired) electrons. The number of ether oxygens (including phenoxy) is 1. The minimum absolute atomic E-state index is 0.0632. The molecule has 1 aliphatic rings. The number of nitrogens with zero attached hydrogens (tertiary/aromatic N) is 4. The maximum atomic E-state index is 14.1. The fourth-order valence-electron chi connectivity index (χ4n) is 3.66. The predicted octanol–water partition coefficient (Wildman–Crippen LogP) is 4.48. The number of hydrogen-bond donors (Lipinski definition) is 2. The number of fused-ring (bicyclic) bond motifs is 1. The molecule has 178 valence electrons. The molecule has 4 rings (SSSR count). The first kappa shape index (κ1) is 23.2. The van der Waals surface area contributed by atoms with Crippen LogP contribution in [-0.2, 0) is 17.8 Å². The summed E-state index contributed by atoms with van der Waals surface area (Å²) in [5.41, 5.74) is 2.64. The van der Waals surface area contributed by atoms with Crippen molar-refractivity contribution in [2.45, 2.75) is 33.2 Å². The first-order chi connectivity index (χ1) is 16.1. The van der Waals surface area contributed by atoms with Crippen molar-refractivity contribution in [1.29, 1.82) is 0 Å². The molecule has 12 heteroatoms. The first-order valence-corrected chi connectivity index (χ1v) is 10.2. The molecule has 2 heterocycles. The lowest BCUT2D eigenvalue weighted by atomic mass is 10.00. The van der Waals surface area contributed by atoms with Crippen molar-refractivity contribution in [3.63, 3.8) is 0 Å². The Morgan fingerprint density at radius 2 is 1.94 bits per heavy atom. The van der Waals surface area contributed by atoms with E-state index in [-0.39, 0.29) is 17.4 Å². The summed E-state index contributed by atoms with van der Waals surface area (Å²) < 4.78 is 55.5. The van der Waals surface area contributed by atoms with E-state index in [0.717, 1.165) is 11.1 Å². The summed E-state index contributed by atoms with van der Waals surface area (Å²) in [6, 6.07) is 7.00. The Labute approximate surface area is 192 Å². The molecule has 0 atom stereocenters. The minimum atomic E-state index is -4.74. The monoisotopic (exact) mass is 476 g/mol. The van der Waals surface area contributed by atoms with Gasteiger partial charge in [-0.2, -0.15) is 4.98 Å². The molecule has 1 aliphatic heterocycles. The highest BCUT2D eigenvalue weighted by atomic mass is 19.4. The zero-order chi connectivity index (χ0) is 24.5. The van der Waals surface area contributed by atoms with Gasteiger partial charge in [-0.3, -0.25) is 4.79 Å². The third-order valence-corrected chi connectivity index (χ3v) is 5.23. The molecule has 0 fully saturated rings.